The van der Waals surface area contributed by atoms with E-state index in [9.17, 15) is 10.1 Å². The van der Waals surface area contributed by atoms with Crippen LogP contribution < -0.4 is 21.6 Å². The molecule has 8 heteroatoms. The van der Waals surface area contributed by atoms with Crippen LogP contribution >= 0.6 is 0 Å². The van der Waals surface area contributed by atoms with E-state index in [1.54, 1.807) is 9.91 Å². The number of nitrogens with one attached hydrogen (secondary N) is 1. The van der Waals surface area contributed by atoms with Gasteiger partial charge in [0.2, 0.25) is 5.91 Å². The van der Waals surface area contributed by atoms with Crippen LogP contribution in [-0.4, -0.2) is 34.9 Å². The number of likely N-dealkylation sites (tertiary alicyclic amines) is 1. The molecule has 2 aliphatic rings. The van der Waals surface area contributed by atoms with Gasteiger partial charge < -0.3 is 21.1 Å². The number of hydrazine groups is 1. The molecule has 0 bridgehead atoms. The number of carbonyl (C=O) groups is 1. The molecule has 4 rings (SSSR count). The van der Waals surface area contributed by atoms with Gasteiger partial charge in [0.05, 0.1) is 17.7 Å². The van der Waals surface area contributed by atoms with Crippen molar-refractivity contribution in [2.75, 3.05) is 13.1 Å². The molecule has 33 heavy (non-hydrogen) atoms. The molecule has 5 N–H and O–H groups in total. The lowest BCUT2D eigenvalue weighted by molar-refractivity contribution is -0.114. The maximum atomic E-state index is 12.4. The number of amides is 1. The second-order valence-electron chi connectivity index (χ2n) is 8.80. The SMILES string of the molecule is CC(C)c1ccccc1Oc1cccc(C2NN(C3CCCN(C#N)C3)C(N)=C2C(N)=O)c1. The van der Waals surface area contributed by atoms with Gasteiger partial charge in [0, 0.05) is 13.1 Å². The van der Waals surface area contributed by atoms with Crippen molar-refractivity contribution < 1.29 is 9.53 Å². The van der Waals surface area contributed by atoms with E-state index < -0.39 is 11.9 Å². The van der Waals surface area contributed by atoms with Crippen LogP contribution in [0.25, 0.3) is 0 Å². The summed E-state index contributed by atoms with van der Waals surface area (Å²) >= 11 is 0. The summed E-state index contributed by atoms with van der Waals surface area (Å²) in [5, 5.41) is 11.1. The fourth-order valence-corrected chi connectivity index (χ4v) is 4.55. The van der Waals surface area contributed by atoms with Crippen molar-refractivity contribution in [1.82, 2.24) is 15.3 Å². The van der Waals surface area contributed by atoms with E-state index in [-0.39, 0.29) is 6.04 Å². The Morgan fingerprint density at radius 1 is 1.24 bits per heavy atom. The summed E-state index contributed by atoms with van der Waals surface area (Å²) in [5.41, 5.74) is 17.8. The molecule has 2 aromatic rings. The first-order valence-electron chi connectivity index (χ1n) is 11.2. The number of nitrogens with zero attached hydrogens (tertiary/aromatic N) is 3. The lowest BCUT2D eigenvalue weighted by atomic mass is 9.99. The first-order chi connectivity index (χ1) is 15.9. The molecule has 2 aromatic carbocycles. The number of nitrogens with two attached hydrogens (primary N) is 2. The second kappa shape index (κ2) is 9.43. The van der Waals surface area contributed by atoms with Crippen LogP contribution in [0, 0.1) is 11.5 Å². The van der Waals surface area contributed by atoms with E-state index in [1.165, 1.54) is 0 Å². The molecule has 0 saturated carbocycles. The fourth-order valence-electron chi connectivity index (χ4n) is 4.55. The summed E-state index contributed by atoms with van der Waals surface area (Å²) in [5.74, 6) is 1.53. The summed E-state index contributed by atoms with van der Waals surface area (Å²) in [7, 11) is 0. The lowest BCUT2D eigenvalue weighted by Gasteiger charge is -2.36. The predicted molar refractivity (Wildman–Crippen MR) is 125 cm³/mol. The smallest absolute Gasteiger partial charge is 0.250 e. The summed E-state index contributed by atoms with van der Waals surface area (Å²) < 4.78 is 6.22. The Morgan fingerprint density at radius 2 is 2.03 bits per heavy atom. The van der Waals surface area contributed by atoms with Gasteiger partial charge >= 0.3 is 0 Å². The number of ether oxygens (including phenoxy) is 1. The normalized spacial score (nSPS) is 20.8. The molecule has 2 aliphatic heterocycles. The van der Waals surface area contributed by atoms with E-state index in [2.05, 4.69) is 31.5 Å². The molecule has 2 heterocycles. The van der Waals surface area contributed by atoms with Gasteiger partial charge in [0.1, 0.15) is 17.3 Å². The van der Waals surface area contributed by atoms with Crippen LogP contribution in [0.4, 0.5) is 0 Å². The number of primary amides is 1. The fraction of sp³-hybridized carbons (Fsp3) is 0.360. The molecular weight excluding hydrogens is 416 g/mol. The lowest BCUT2D eigenvalue weighted by Crippen LogP contribution is -2.51. The topological polar surface area (TPSA) is 121 Å². The highest BCUT2D eigenvalue weighted by Gasteiger charge is 2.38. The van der Waals surface area contributed by atoms with E-state index >= 15 is 0 Å². The number of hydrogen-bond donors (Lipinski definition) is 3. The first kappa shape index (κ1) is 22.5. The highest BCUT2D eigenvalue weighted by Crippen LogP contribution is 2.36. The largest absolute Gasteiger partial charge is 0.457 e. The van der Waals surface area contributed by atoms with Crippen molar-refractivity contribution in [2.45, 2.75) is 44.7 Å². The Hall–Kier alpha value is -3.70. The second-order valence-corrected chi connectivity index (χ2v) is 8.80. The van der Waals surface area contributed by atoms with Crippen LogP contribution in [0.2, 0.25) is 0 Å². The van der Waals surface area contributed by atoms with Gasteiger partial charge in [-0.1, -0.05) is 44.2 Å². The number of benzene rings is 2. The third-order valence-corrected chi connectivity index (χ3v) is 6.22. The van der Waals surface area contributed by atoms with Gasteiger partial charge in [-0.25, -0.2) is 5.43 Å². The quantitative estimate of drug-likeness (QED) is 0.583. The molecule has 1 amide bonds. The van der Waals surface area contributed by atoms with Crippen molar-refractivity contribution in [3.63, 3.8) is 0 Å². The van der Waals surface area contributed by atoms with Crippen LogP contribution in [0.15, 0.2) is 59.9 Å². The molecule has 1 fully saturated rings. The van der Waals surface area contributed by atoms with Gasteiger partial charge in [0.25, 0.3) is 0 Å². The monoisotopic (exact) mass is 446 g/mol. The van der Waals surface area contributed by atoms with Gasteiger partial charge in [-0.3, -0.25) is 9.80 Å². The molecule has 0 aliphatic carbocycles. The number of piperidine rings is 1. The van der Waals surface area contributed by atoms with Gasteiger partial charge in [-0.2, -0.15) is 5.26 Å². The van der Waals surface area contributed by atoms with Crippen LogP contribution in [0.3, 0.4) is 0 Å². The van der Waals surface area contributed by atoms with Crippen molar-refractivity contribution >= 4 is 5.91 Å². The zero-order chi connectivity index (χ0) is 23.5. The molecule has 172 valence electrons. The van der Waals surface area contributed by atoms with Gasteiger partial charge in [-0.15, -0.1) is 0 Å². The predicted octanol–water partition coefficient (Wildman–Crippen LogP) is 3.06. The minimum absolute atomic E-state index is 0.0323. The Bertz CT molecular complexity index is 1110. The molecule has 0 radical (unpaired) electrons. The molecule has 2 unspecified atom stereocenters. The summed E-state index contributed by atoms with van der Waals surface area (Å²) in [6.45, 7) is 5.52. The number of nitriles is 1. The minimum atomic E-state index is -0.572. The maximum absolute atomic E-state index is 12.4. The average Bonchev–Trinajstić information content (AvgIpc) is 3.17. The minimum Gasteiger partial charge on any atom is -0.457 e. The summed E-state index contributed by atoms with van der Waals surface area (Å²) in [4.78, 5) is 14.1. The third kappa shape index (κ3) is 4.59. The number of carbonyl (C=O) groups excluding carboxylic acids is 1. The standard InChI is InChI=1S/C25H30N6O2/c1-16(2)20-10-3-4-11-21(20)33-19-9-5-7-17(13-19)23-22(25(28)32)24(27)31(29-23)18-8-6-12-30(14-18)15-26/h3-5,7,9-11,13,16,18,23,29H,6,8,12,14,27H2,1-2H3,(H2,28,32). The molecule has 0 aromatic heterocycles. The third-order valence-electron chi connectivity index (χ3n) is 6.22. The van der Waals surface area contributed by atoms with Crippen LogP contribution in [0.1, 0.15) is 49.8 Å². The summed E-state index contributed by atoms with van der Waals surface area (Å²) in [6.07, 6.45) is 3.94. The Labute approximate surface area is 194 Å². The number of hydrogen-bond acceptors (Lipinski definition) is 7. The Kier molecular flexibility index (Phi) is 6.43. The molecule has 0 spiro atoms. The Morgan fingerprint density at radius 3 is 2.76 bits per heavy atom. The highest BCUT2D eigenvalue weighted by molar-refractivity contribution is 5.94. The number of para-hydroxylation sites is 1. The molecule has 1 saturated heterocycles. The zero-order valence-electron chi connectivity index (χ0n) is 19.0. The van der Waals surface area contributed by atoms with E-state index in [1.807, 2.05) is 42.5 Å². The number of rotatable bonds is 6. The van der Waals surface area contributed by atoms with Crippen molar-refractivity contribution in [2.24, 2.45) is 11.5 Å². The van der Waals surface area contributed by atoms with Crippen molar-refractivity contribution in [3.05, 3.63) is 71.1 Å². The van der Waals surface area contributed by atoms with Crippen LogP contribution in [-0.2, 0) is 4.79 Å². The van der Waals surface area contributed by atoms with Crippen LogP contribution in [0.5, 0.6) is 11.5 Å². The van der Waals surface area contributed by atoms with Gasteiger partial charge in [0.15, 0.2) is 6.19 Å². The van der Waals surface area contributed by atoms with Crippen molar-refractivity contribution in [3.8, 4) is 17.7 Å². The molecule has 2 atom stereocenters. The summed E-state index contributed by atoms with van der Waals surface area (Å²) in [6, 6.07) is 15.0. The first-order valence-corrected chi connectivity index (χ1v) is 11.2. The van der Waals surface area contributed by atoms with Crippen molar-refractivity contribution in [1.29, 1.82) is 5.26 Å². The highest BCUT2D eigenvalue weighted by atomic mass is 16.5. The van der Waals surface area contributed by atoms with E-state index in [0.29, 0.717) is 29.6 Å². The maximum Gasteiger partial charge on any atom is 0.250 e. The molecule has 8 nitrogen and oxygen atoms in total. The average molecular weight is 447 g/mol. The van der Waals surface area contributed by atoms with E-state index in [0.717, 1.165) is 36.3 Å². The van der Waals surface area contributed by atoms with E-state index in [4.69, 9.17) is 16.2 Å². The zero-order valence-corrected chi connectivity index (χ0v) is 19.0. The molecular formula is C25H30N6O2. The Balaban J connectivity index is 1.61. The van der Waals surface area contributed by atoms with Gasteiger partial charge in [-0.05, 0) is 48.1 Å².